The standard InChI is InChI=1S/C25H44NO3/c1-9-19(4)21-13-12-14-22(15-21)20(10-2)16-25(5,6)24(28)29-18-23(27)17-26(7,8)11-3/h12-15,19-20,23,27H,9-11,16-18H2,1-8H3/q+1. The Morgan fingerprint density at radius 1 is 1.14 bits per heavy atom. The lowest BCUT2D eigenvalue weighted by Crippen LogP contribution is -2.46. The molecule has 0 saturated heterocycles. The summed E-state index contributed by atoms with van der Waals surface area (Å²) in [5, 5.41) is 10.2. The molecule has 0 fully saturated rings. The summed E-state index contributed by atoms with van der Waals surface area (Å²) in [5.41, 5.74) is 2.07. The van der Waals surface area contributed by atoms with Crippen molar-refractivity contribution in [2.24, 2.45) is 5.41 Å². The molecule has 1 aromatic carbocycles. The number of esters is 1. The van der Waals surface area contributed by atoms with Gasteiger partial charge in [0.1, 0.15) is 19.3 Å². The summed E-state index contributed by atoms with van der Waals surface area (Å²) < 4.78 is 6.22. The molecule has 4 heteroatoms. The number of hydrogen-bond acceptors (Lipinski definition) is 3. The van der Waals surface area contributed by atoms with Crippen molar-refractivity contribution < 1.29 is 19.1 Å². The van der Waals surface area contributed by atoms with Gasteiger partial charge in [0.25, 0.3) is 0 Å². The second kappa shape index (κ2) is 11.1. The Labute approximate surface area is 178 Å². The van der Waals surface area contributed by atoms with Crippen LogP contribution in [0, 0.1) is 5.41 Å². The SMILES string of the molecule is CCC(C)c1cccc(C(CC)CC(C)(C)C(=O)OCC(O)C[N+](C)(C)CC)c1. The van der Waals surface area contributed by atoms with E-state index in [1.165, 1.54) is 11.1 Å². The van der Waals surface area contributed by atoms with Gasteiger partial charge in [-0.05, 0) is 63.0 Å². The monoisotopic (exact) mass is 406 g/mol. The van der Waals surface area contributed by atoms with E-state index in [1.54, 1.807) is 0 Å². The fourth-order valence-electron chi connectivity index (χ4n) is 3.67. The number of benzene rings is 1. The normalized spacial score (nSPS) is 15.6. The Kier molecular flexibility index (Phi) is 9.84. The zero-order chi connectivity index (χ0) is 22.2. The summed E-state index contributed by atoms with van der Waals surface area (Å²) >= 11 is 0. The molecule has 0 aromatic heterocycles. The van der Waals surface area contributed by atoms with Crippen LogP contribution in [0.2, 0.25) is 0 Å². The van der Waals surface area contributed by atoms with Crippen LogP contribution in [0.25, 0.3) is 0 Å². The molecule has 0 heterocycles. The molecular formula is C25H44NO3+. The number of carbonyl (C=O) groups is 1. The molecule has 0 aliphatic carbocycles. The van der Waals surface area contributed by atoms with Gasteiger partial charge >= 0.3 is 5.97 Å². The van der Waals surface area contributed by atoms with Gasteiger partial charge in [-0.15, -0.1) is 0 Å². The molecule has 1 rings (SSSR count). The van der Waals surface area contributed by atoms with Crippen LogP contribution < -0.4 is 0 Å². The third-order valence-corrected chi connectivity index (χ3v) is 6.33. The molecule has 0 saturated carbocycles. The minimum Gasteiger partial charge on any atom is -0.462 e. The molecule has 29 heavy (non-hydrogen) atoms. The van der Waals surface area contributed by atoms with Crippen LogP contribution in [0.4, 0.5) is 0 Å². The van der Waals surface area contributed by atoms with Crippen LogP contribution in [0.3, 0.4) is 0 Å². The van der Waals surface area contributed by atoms with E-state index in [1.807, 2.05) is 13.8 Å². The summed E-state index contributed by atoms with van der Waals surface area (Å²) in [4.78, 5) is 12.8. The van der Waals surface area contributed by atoms with Gasteiger partial charge < -0.3 is 14.3 Å². The predicted octanol–water partition coefficient (Wildman–Crippen LogP) is 5.11. The molecular weight excluding hydrogens is 362 g/mol. The van der Waals surface area contributed by atoms with Gasteiger partial charge in [0.15, 0.2) is 0 Å². The number of quaternary nitrogens is 1. The van der Waals surface area contributed by atoms with Crippen LogP contribution in [0.5, 0.6) is 0 Å². The van der Waals surface area contributed by atoms with Crippen molar-refractivity contribution in [1.29, 1.82) is 0 Å². The first-order chi connectivity index (χ1) is 13.5. The van der Waals surface area contributed by atoms with Crippen molar-refractivity contribution >= 4 is 5.97 Å². The number of hydrogen-bond donors (Lipinski definition) is 1. The summed E-state index contributed by atoms with van der Waals surface area (Å²) in [6, 6.07) is 8.81. The molecule has 0 aliphatic heterocycles. The van der Waals surface area contributed by atoms with Gasteiger partial charge in [0.2, 0.25) is 0 Å². The Bertz CT molecular complexity index is 639. The zero-order valence-corrected chi connectivity index (χ0v) is 20.0. The Morgan fingerprint density at radius 3 is 2.31 bits per heavy atom. The number of aliphatic hydroxyl groups is 1. The third-order valence-electron chi connectivity index (χ3n) is 6.33. The van der Waals surface area contributed by atoms with Crippen LogP contribution in [-0.2, 0) is 9.53 Å². The fourth-order valence-corrected chi connectivity index (χ4v) is 3.67. The van der Waals surface area contributed by atoms with Gasteiger partial charge in [-0.3, -0.25) is 4.79 Å². The highest BCUT2D eigenvalue weighted by Crippen LogP contribution is 2.36. The van der Waals surface area contributed by atoms with Gasteiger partial charge in [-0.25, -0.2) is 0 Å². The van der Waals surface area contributed by atoms with E-state index in [0.717, 1.165) is 25.8 Å². The van der Waals surface area contributed by atoms with Crippen molar-refractivity contribution in [2.45, 2.75) is 78.7 Å². The number of carbonyl (C=O) groups excluding carboxylic acids is 1. The first kappa shape index (κ1) is 25.6. The summed E-state index contributed by atoms with van der Waals surface area (Å²) in [6.07, 6.45) is 2.19. The van der Waals surface area contributed by atoms with E-state index < -0.39 is 11.5 Å². The first-order valence-corrected chi connectivity index (χ1v) is 11.2. The number of aliphatic hydroxyl groups excluding tert-OH is 1. The molecule has 4 nitrogen and oxygen atoms in total. The molecule has 1 aromatic rings. The smallest absolute Gasteiger partial charge is 0.311 e. The van der Waals surface area contributed by atoms with Crippen LogP contribution in [0.15, 0.2) is 24.3 Å². The van der Waals surface area contributed by atoms with E-state index in [-0.39, 0.29) is 12.6 Å². The van der Waals surface area contributed by atoms with Gasteiger partial charge in [-0.2, -0.15) is 0 Å². The summed E-state index contributed by atoms with van der Waals surface area (Å²) in [6.45, 7) is 14.2. The Hall–Kier alpha value is -1.39. The van der Waals surface area contributed by atoms with Crippen LogP contribution in [-0.4, -0.2) is 55.5 Å². The quantitative estimate of drug-likeness (QED) is 0.387. The van der Waals surface area contributed by atoms with E-state index in [0.29, 0.717) is 22.9 Å². The topological polar surface area (TPSA) is 46.5 Å². The zero-order valence-electron chi connectivity index (χ0n) is 20.0. The number of nitrogens with zero attached hydrogens (tertiary/aromatic N) is 1. The molecule has 3 atom stereocenters. The molecule has 1 N–H and O–H groups in total. The molecule has 0 spiro atoms. The molecule has 166 valence electrons. The lowest BCUT2D eigenvalue weighted by atomic mass is 9.78. The highest BCUT2D eigenvalue weighted by molar-refractivity contribution is 5.76. The number of ether oxygens (including phenoxy) is 1. The van der Waals surface area contributed by atoms with Crippen LogP contribution in [0.1, 0.15) is 83.8 Å². The minimum absolute atomic E-state index is 0.0598. The predicted molar refractivity (Wildman–Crippen MR) is 121 cm³/mol. The maximum absolute atomic E-state index is 12.8. The third kappa shape index (κ3) is 8.10. The summed E-state index contributed by atoms with van der Waals surface area (Å²) in [7, 11) is 4.13. The highest BCUT2D eigenvalue weighted by atomic mass is 16.5. The maximum atomic E-state index is 12.8. The van der Waals surface area contributed by atoms with E-state index in [4.69, 9.17) is 4.74 Å². The number of likely N-dealkylation sites (N-methyl/N-ethyl adjacent to an activating group) is 1. The molecule has 0 amide bonds. The molecule has 0 bridgehead atoms. The minimum atomic E-state index is -0.640. The maximum Gasteiger partial charge on any atom is 0.311 e. The van der Waals surface area contributed by atoms with Crippen molar-refractivity contribution in [1.82, 2.24) is 0 Å². The molecule has 0 radical (unpaired) electrons. The van der Waals surface area contributed by atoms with E-state index in [9.17, 15) is 9.90 Å². The lowest BCUT2D eigenvalue weighted by Gasteiger charge is -2.31. The summed E-state index contributed by atoms with van der Waals surface area (Å²) in [5.74, 6) is 0.620. The van der Waals surface area contributed by atoms with Crippen molar-refractivity contribution in [3.8, 4) is 0 Å². The lowest BCUT2D eigenvalue weighted by molar-refractivity contribution is -0.891. The number of rotatable bonds is 12. The van der Waals surface area contributed by atoms with Gasteiger partial charge in [0, 0.05) is 0 Å². The Morgan fingerprint density at radius 2 is 1.76 bits per heavy atom. The molecule has 0 aliphatic rings. The van der Waals surface area contributed by atoms with Crippen molar-refractivity contribution in [3.63, 3.8) is 0 Å². The fraction of sp³-hybridized carbons (Fsp3) is 0.720. The first-order valence-electron chi connectivity index (χ1n) is 11.2. The van der Waals surface area contributed by atoms with Gasteiger partial charge in [-0.1, -0.05) is 45.0 Å². The average molecular weight is 407 g/mol. The van der Waals surface area contributed by atoms with Gasteiger partial charge in [0.05, 0.1) is 26.1 Å². The molecule has 3 unspecified atom stereocenters. The second-order valence-corrected chi connectivity index (χ2v) is 9.86. The average Bonchev–Trinajstić information content (AvgIpc) is 2.69. The van der Waals surface area contributed by atoms with E-state index in [2.05, 4.69) is 66.1 Å². The van der Waals surface area contributed by atoms with Crippen molar-refractivity contribution in [2.75, 3.05) is 33.8 Å². The van der Waals surface area contributed by atoms with Crippen molar-refractivity contribution in [3.05, 3.63) is 35.4 Å². The Balaban J connectivity index is 2.76. The van der Waals surface area contributed by atoms with Crippen LogP contribution >= 0.6 is 0 Å². The highest BCUT2D eigenvalue weighted by Gasteiger charge is 2.33. The van der Waals surface area contributed by atoms with E-state index >= 15 is 0 Å². The second-order valence-electron chi connectivity index (χ2n) is 9.86. The largest absolute Gasteiger partial charge is 0.462 e.